The minimum Gasteiger partial charge on any atom is -0.296 e. The molecule has 68 valence electrons. The van der Waals surface area contributed by atoms with Gasteiger partial charge in [-0.3, -0.25) is 4.79 Å². The molecule has 0 rings (SSSR count). The van der Waals surface area contributed by atoms with Crippen molar-refractivity contribution < 1.29 is 9.18 Å². The third kappa shape index (κ3) is 3.46. The number of halogens is 1. The lowest BCUT2D eigenvalue weighted by Gasteiger charge is -2.11. The zero-order chi connectivity index (χ0) is 9.56. The number of rotatable bonds is 6. The van der Waals surface area contributed by atoms with Crippen molar-refractivity contribution in [3.63, 3.8) is 0 Å². The minimum absolute atomic E-state index is 0.278. The van der Waals surface area contributed by atoms with Crippen molar-refractivity contribution in [2.24, 2.45) is 5.92 Å². The van der Waals surface area contributed by atoms with E-state index in [-0.39, 0.29) is 11.7 Å². The maximum Gasteiger partial charge on any atom is 0.170 e. The van der Waals surface area contributed by atoms with Crippen LogP contribution in [0.5, 0.6) is 0 Å². The second-order valence-corrected chi connectivity index (χ2v) is 2.76. The fraction of sp³-hybridized carbons (Fsp3) is 0.500. The van der Waals surface area contributed by atoms with Crippen LogP contribution in [0.3, 0.4) is 0 Å². The van der Waals surface area contributed by atoms with Crippen LogP contribution in [0, 0.1) is 5.92 Å². The predicted octanol–water partition coefficient (Wildman–Crippen LogP) is 2.68. The Hall–Kier alpha value is -0.920. The van der Waals surface area contributed by atoms with Crippen molar-refractivity contribution in [2.45, 2.75) is 25.9 Å². The summed E-state index contributed by atoms with van der Waals surface area (Å²) in [5.74, 6) is -0.630. The fourth-order valence-corrected chi connectivity index (χ4v) is 1.06. The van der Waals surface area contributed by atoms with Crippen LogP contribution in [0.25, 0.3) is 0 Å². The largest absolute Gasteiger partial charge is 0.296 e. The van der Waals surface area contributed by atoms with Crippen LogP contribution in [0.2, 0.25) is 0 Å². The first kappa shape index (κ1) is 11.1. The van der Waals surface area contributed by atoms with Gasteiger partial charge in [0.25, 0.3) is 0 Å². The highest BCUT2D eigenvalue weighted by molar-refractivity contribution is 5.85. The molecule has 0 aliphatic carbocycles. The van der Waals surface area contributed by atoms with Crippen LogP contribution in [-0.4, -0.2) is 12.0 Å². The molecule has 0 N–H and O–H groups in total. The molecule has 0 aliphatic rings. The summed E-state index contributed by atoms with van der Waals surface area (Å²) < 4.78 is 12.6. The Bertz CT molecular complexity index is 163. The molecule has 0 bridgehead atoms. The lowest BCUT2D eigenvalue weighted by Crippen LogP contribution is -2.21. The highest BCUT2D eigenvalue weighted by atomic mass is 19.1. The van der Waals surface area contributed by atoms with E-state index >= 15 is 0 Å². The van der Waals surface area contributed by atoms with Crippen LogP contribution in [0.4, 0.5) is 4.39 Å². The monoisotopic (exact) mass is 170 g/mol. The lowest BCUT2D eigenvalue weighted by molar-refractivity contribution is -0.127. The molecule has 0 spiro atoms. The van der Waals surface area contributed by atoms with Crippen molar-refractivity contribution >= 4 is 5.78 Å². The first-order chi connectivity index (χ1) is 5.63. The number of Topliss-reactive ketones (excluding diaryl/α,β-unsaturated/α-hetero) is 1. The van der Waals surface area contributed by atoms with Crippen molar-refractivity contribution in [1.82, 2.24) is 0 Å². The summed E-state index contributed by atoms with van der Waals surface area (Å²) in [6.45, 7) is 8.30. The molecule has 0 amide bonds. The Labute approximate surface area is 73.0 Å². The van der Waals surface area contributed by atoms with E-state index in [1.54, 1.807) is 12.2 Å². The van der Waals surface area contributed by atoms with Gasteiger partial charge in [-0.25, -0.2) is 4.39 Å². The Morgan fingerprint density at radius 1 is 1.42 bits per heavy atom. The van der Waals surface area contributed by atoms with Crippen LogP contribution >= 0.6 is 0 Å². The number of hydrogen-bond donors (Lipinski definition) is 0. The van der Waals surface area contributed by atoms with Gasteiger partial charge in [-0.05, 0) is 19.8 Å². The molecule has 0 fully saturated rings. The molecular weight excluding hydrogens is 155 g/mol. The summed E-state index contributed by atoms with van der Waals surface area (Å²) in [4.78, 5) is 11.2. The van der Waals surface area contributed by atoms with E-state index in [1.807, 2.05) is 0 Å². The van der Waals surface area contributed by atoms with Gasteiger partial charge in [0.1, 0.15) is 0 Å². The molecule has 0 aromatic rings. The molecule has 1 nitrogen and oxygen atoms in total. The van der Waals surface area contributed by atoms with Gasteiger partial charge in [-0.15, -0.1) is 13.2 Å². The maximum atomic E-state index is 12.6. The quantitative estimate of drug-likeness (QED) is 0.560. The Morgan fingerprint density at radius 3 is 2.08 bits per heavy atom. The average molecular weight is 170 g/mol. The van der Waals surface area contributed by atoms with Gasteiger partial charge in [-0.2, -0.15) is 0 Å². The summed E-state index contributed by atoms with van der Waals surface area (Å²) in [6, 6.07) is 0. The van der Waals surface area contributed by atoms with Crippen molar-refractivity contribution in [1.29, 1.82) is 0 Å². The molecule has 0 saturated heterocycles. The van der Waals surface area contributed by atoms with Crippen molar-refractivity contribution in [2.75, 3.05) is 0 Å². The third-order valence-corrected chi connectivity index (χ3v) is 1.70. The molecule has 0 heterocycles. The maximum absolute atomic E-state index is 12.6. The molecule has 12 heavy (non-hydrogen) atoms. The van der Waals surface area contributed by atoms with E-state index in [1.165, 1.54) is 6.92 Å². The second-order valence-electron chi connectivity index (χ2n) is 2.76. The van der Waals surface area contributed by atoms with Crippen molar-refractivity contribution in [3.05, 3.63) is 25.3 Å². The van der Waals surface area contributed by atoms with Gasteiger partial charge in [0.15, 0.2) is 12.0 Å². The number of allylic oxidation sites excluding steroid dienone is 2. The Kier molecular flexibility index (Phi) is 5.26. The first-order valence-corrected chi connectivity index (χ1v) is 4.03. The highest BCUT2D eigenvalue weighted by Gasteiger charge is 2.20. The topological polar surface area (TPSA) is 17.1 Å². The number of carbonyl (C=O) groups excluding carboxylic acids is 1. The summed E-state index contributed by atoms with van der Waals surface area (Å²) in [6.07, 6.45) is 2.94. The van der Waals surface area contributed by atoms with E-state index < -0.39 is 6.17 Å². The minimum atomic E-state index is -1.38. The molecule has 0 aromatic heterocycles. The Balaban J connectivity index is 4.17. The third-order valence-electron chi connectivity index (χ3n) is 1.70. The fourth-order valence-electron chi connectivity index (χ4n) is 1.06. The molecule has 0 saturated carbocycles. The van der Waals surface area contributed by atoms with Crippen LogP contribution < -0.4 is 0 Å². The molecule has 0 radical (unpaired) electrons. The molecule has 2 heteroatoms. The van der Waals surface area contributed by atoms with Crippen molar-refractivity contribution in [3.8, 4) is 0 Å². The highest BCUT2D eigenvalue weighted by Crippen LogP contribution is 2.14. The molecule has 0 aliphatic heterocycles. The van der Waals surface area contributed by atoms with E-state index in [0.29, 0.717) is 12.8 Å². The molecular formula is C10H15FO. The molecule has 0 unspecified atom stereocenters. The zero-order valence-electron chi connectivity index (χ0n) is 7.42. The summed E-state index contributed by atoms with van der Waals surface area (Å²) in [5.41, 5.74) is 0. The number of hydrogen-bond acceptors (Lipinski definition) is 1. The van der Waals surface area contributed by atoms with Gasteiger partial charge in [-0.1, -0.05) is 12.2 Å². The smallest absolute Gasteiger partial charge is 0.170 e. The van der Waals surface area contributed by atoms with E-state index in [4.69, 9.17) is 0 Å². The SMILES string of the molecule is C=CCC(CC=C)C(=O)[C@H](C)F. The summed E-state index contributed by atoms with van der Waals surface area (Å²) in [7, 11) is 0. The van der Waals surface area contributed by atoms with E-state index in [9.17, 15) is 9.18 Å². The van der Waals surface area contributed by atoms with E-state index in [2.05, 4.69) is 13.2 Å². The predicted molar refractivity (Wildman–Crippen MR) is 48.7 cm³/mol. The Morgan fingerprint density at radius 2 is 1.83 bits per heavy atom. The first-order valence-electron chi connectivity index (χ1n) is 4.03. The normalized spacial score (nSPS) is 12.6. The van der Waals surface area contributed by atoms with Gasteiger partial charge < -0.3 is 0 Å². The number of carbonyl (C=O) groups is 1. The number of ketones is 1. The average Bonchev–Trinajstić information content (AvgIpc) is 2.03. The van der Waals surface area contributed by atoms with Gasteiger partial charge >= 0.3 is 0 Å². The standard InChI is InChI=1S/C10H15FO/c1-4-6-9(7-5-2)10(12)8(3)11/h4-5,8-9H,1-2,6-7H2,3H3/t8-/m0/s1. The zero-order valence-corrected chi connectivity index (χ0v) is 7.42. The van der Waals surface area contributed by atoms with Crippen LogP contribution in [0.15, 0.2) is 25.3 Å². The lowest BCUT2D eigenvalue weighted by atomic mass is 9.94. The summed E-state index contributed by atoms with van der Waals surface area (Å²) in [5, 5.41) is 0. The molecule has 1 atom stereocenters. The van der Waals surface area contributed by atoms with Gasteiger partial charge in [0, 0.05) is 5.92 Å². The van der Waals surface area contributed by atoms with Crippen LogP contribution in [-0.2, 0) is 4.79 Å². The second kappa shape index (κ2) is 5.70. The number of alkyl halides is 1. The molecule has 0 aromatic carbocycles. The van der Waals surface area contributed by atoms with E-state index in [0.717, 1.165) is 0 Å². The van der Waals surface area contributed by atoms with Gasteiger partial charge in [0.2, 0.25) is 0 Å². The van der Waals surface area contributed by atoms with Crippen LogP contribution in [0.1, 0.15) is 19.8 Å². The summed E-state index contributed by atoms with van der Waals surface area (Å²) >= 11 is 0. The van der Waals surface area contributed by atoms with Gasteiger partial charge in [0.05, 0.1) is 0 Å².